The van der Waals surface area contributed by atoms with Crippen LogP contribution in [0, 0.1) is 12.7 Å². The SMILES string of the molecule is CCn1c(C)nc2cc(C(=O)NN=Cc3ccc(OC(=O)c4ccc(F)cc4)c(OC)c3)ccc21. The maximum Gasteiger partial charge on any atom is 0.343 e. The van der Waals surface area contributed by atoms with Crippen LogP contribution < -0.4 is 14.9 Å². The highest BCUT2D eigenvalue weighted by atomic mass is 19.1. The van der Waals surface area contributed by atoms with Gasteiger partial charge in [0.05, 0.1) is 29.9 Å². The number of methoxy groups -OCH3 is 1. The number of rotatable bonds is 7. The Bertz CT molecular complexity index is 1430. The molecule has 9 heteroatoms. The molecule has 4 aromatic rings. The summed E-state index contributed by atoms with van der Waals surface area (Å²) in [5, 5.41) is 4.01. The van der Waals surface area contributed by atoms with E-state index in [-0.39, 0.29) is 17.2 Å². The summed E-state index contributed by atoms with van der Waals surface area (Å²) in [6.07, 6.45) is 1.44. The molecule has 1 heterocycles. The predicted octanol–water partition coefficient (Wildman–Crippen LogP) is 4.50. The number of nitrogens with zero attached hydrogens (tertiary/aromatic N) is 3. The van der Waals surface area contributed by atoms with Crippen molar-refractivity contribution in [3.05, 3.63) is 89.0 Å². The first kappa shape index (κ1) is 23.6. The number of esters is 1. The molecular weight excluding hydrogens is 451 g/mol. The van der Waals surface area contributed by atoms with Gasteiger partial charge in [-0.15, -0.1) is 0 Å². The molecule has 4 rings (SSSR count). The second-order valence-corrected chi connectivity index (χ2v) is 7.61. The fraction of sp³-hybridized carbons (Fsp3) is 0.154. The third kappa shape index (κ3) is 5.19. The van der Waals surface area contributed by atoms with Crippen molar-refractivity contribution in [1.82, 2.24) is 15.0 Å². The van der Waals surface area contributed by atoms with Crippen LogP contribution in [0.3, 0.4) is 0 Å². The Morgan fingerprint density at radius 2 is 1.80 bits per heavy atom. The Morgan fingerprint density at radius 1 is 1.06 bits per heavy atom. The third-order valence-corrected chi connectivity index (χ3v) is 5.37. The van der Waals surface area contributed by atoms with Crippen LogP contribution in [0.1, 0.15) is 39.0 Å². The second-order valence-electron chi connectivity index (χ2n) is 7.61. The summed E-state index contributed by atoms with van der Waals surface area (Å²) in [5.74, 6) is -0.0886. The lowest BCUT2D eigenvalue weighted by atomic mass is 10.2. The van der Waals surface area contributed by atoms with Crippen molar-refractivity contribution >= 4 is 29.1 Å². The summed E-state index contributed by atoms with van der Waals surface area (Å²) >= 11 is 0. The van der Waals surface area contributed by atoms with E-state index >= 15 is 0 Å². The van der Waals surface area contributed by atoms with E-state index in [2.05, 4.69) is 20.1 Å². The summed E-state index contributed by atoms with van der Waals surface area (Å²) < 4.78 is 25.8. The highest BCUT2D eigenvalue weighted by molar-refractivity contribution is 5.98. The molecule has 1 amide bonds. The van der Waals surface area contributed by atoms with Gasteiger partial charge in [-0.1, -0.05) is 0 Å². The number of amides is 1. The van der Waals surface area contributed by atoms with Gasteiger partial charge in [0.15, 0.2) is 11.5 Å². The van der Waals surface area contributed by atoms with E-state index in [0.717, 1.165) is 23.4 Å². The van der Waals surface area contributed by atoms with Gasteiger partial charge in [-0.05, 0) is 80.1 Å². The smallest absolute Gasteiger partial charge is 0.343 e. The van der Waals surface area contributed by atoms with Crippen LogP contribution in [0.2, 0.25) is 0 Å². The Labute approximate surface area is 201 Å². The first-order valence-corrected chi connectivity index (χ1v) is 10.9. The number of imidazole rings is 1. The van der Waals surface area contributed by atoms with Crippen LogP contribution >= 0.6 is 0 Å². The topological polar surface area (TPSA) is 94.8 Å². The van der Waals surface area contributed by atoms with Crippen molar-refractivity contribution < 1.29 is 23.5 Å². The minimum Gasteiger partial charge on any atom is -0.493 e. The fourth-order valence-electron chi connectivity index (χ4n) is 3.61. The van der Waals surface area contributed by atoms with Gasteiger partial charge in [-0.25, -0.2) is 19.6 Å². The van der Waals surface area contributed by atoms with E-state index in [1.807, 2.05) is 19.9 Å². The van der Waals surface area contributed by atoms with Gasteiger partial charge < -0.3 is 14.0 Å². The number of halogens is 1. The molecule has 1 aromatic heterocycles. The Hall–Kier alpha value is -4.53. The molecule has 178 valence electrons. The van der Waals surface area contributed by atoms with Crippen LogP contribution in [0.15, 0.2) is 65.8 Å². The second kappa shape index (κ2) is 10.2. The average Bonchev–Trinajstić information content (AvgIpc) is 3.18. The molecule has 0 aliphatic carbocycles. The lowest BCUT2D eigenvalue weighted by Crippen LogP contribution is -2.17. The van der Waals surface area contributed by atoms with Crippen molar-refractivity contribution in [2.24, 2.45) is 5.10 Å². The molecule has 8 nitrogen and oxygen atoms in total. The summed E-state index contributed by atoms with van der Waals surface area (Å²) in [6, 6.07) is 15.2. The molecule has 0 aliphatic rings. The van der Waals surface area contributed by atoms with Crippen molar-refractivity contribution in [1.29, 1.82) is 0 Å². The number of hydrogen-bond acceptors (Lipinski definition) is 6. The first-order valence-electron chi connectivity index (χ1n) is 10.9. The van der Waals surface area contributed by atoms with Gasteiger partial charge in [0.2, 0.25) is 0 Å². The molecule has 0 spiro atoms. The number of aromatic nitrogens is 2. The first-order chi connectivity index (χ1) is 16.9. The molecule has 0 atom stereocenters. The van der Waals surface area contributed by atoms with E-state index in [1.165, 1.54) is 37.6 Å². The Kier molecular flexibility index (Phi) is 6.86. The lowest BCUT2D eigenvalue weighted by molar-refractivity contribution is 0.0729. The Morgan fingerprint density at radius 3 is 2.51 bits per heavy atom. The van der Waals surface area contributed by atoms with Gasteiger partial charge in [-0.2, -0.15) is 5.10 Å². The van der Waals surface area contributed by atoms with Crippen molar-refractivity contribution in [3.63, 3.8) is 0 Å². The van der Waals surface area contributed by atoms with E-state index in [4.69, 9.17) is 9.47 Å². The summed E-state index contributed by atoms with van der Waals surface area (Å²) in [5.41, 5.74) is 5.47. The number of benzene rings is 3. The molecule has 35 heavy (non-hydrogen) atoms. The largest absolute Gasteiger partial charge is 0.493 e. The number of carbonyl (C=O) groups is 2. The van der Waals surface area contributed by atoms with Crippen LogP contribution in [0.5, 0.6) is 11.5 Å². The number of fused-ring (bicyclic) bond motifs is 1. The van der Waals surface area contributed by atoms with Crippen molar-refractivity contribution in [2.45, 2.75) is 20.4 Å². The average molecular weight is 474 g/mol. The van der Waals surface area contributed by atoms with Gasteiger partial charge >= 0.3 is 5.97 Å². The summed E-state index contributed by atoms with van der Waals surface area (Å²) in [4.78, 5) is 29.3. The molecule has 0 saturated carbocycles. The van der Waals surface area contributed by atoms with Gasteiger partial charge in [0.1, 0.15) is 11.6 Å². The standard InChI is InChI=1S/C26H23FN4O4/c1-4-31-16(2)29-21-14-19(8-11-22(21)31)25(32)30-28-15-17-5-12-23(24(13-17)34-3)35-26(33)18-6-9-20(27)10-7-18/h5-15H,4H2,1-3H3,(H,30,32). The minimum atomic E-state index is -0.645. The number of ether oxygens (including phenoxy) is 2. The number of nitrogens with one attached hydrogen (secondary N) is 1. The molecule has 1 N–H and O–H groups in total. The quantitative estimate of drug-likeness (QED) is 0.184. The number of carbonyl (C=O) groups excluding carboxylic acids is 2. The number of aryl methyl sites for hydroxylation is 2. The van der Waals surface area contributed by atoms with E-state index in [1.54, 1.807) is 30.3 Å². The highest BCUT2D eigenvalue weighted by Gasteiger charge is 2.13. The number of hydrogen-bond donors (Lipinski definition) is 1. The highest BCUT2D eigenvalue weighted by Crippen LogP contribution is 2.28. The minimum absolute atomic E-state index is 0.193. The maximum atomic E-state index is 13.1. The summed E-state index contributed by atoms with van der Waals surface area (Å²) in [7, 11) is 1.44. The molecular formula is C26H23FN4O4. The van der Waals surface area contributed by atoms with Gasteiger partial charge in [-0.3, -0.25) is 4.79 Å². The predicted molar refractivity (Wildman–Crippen MR) is 130 cm³/mol. The Balaban J connectivity index is 1.43. The fourth-order valence-corrected chi connectivity index (χ4v) is 3.61. The van der Waals surface area contributed by atoms with E-state index < -0.39 is 11.8 Å². The molecule has 0 bridgehead atoms. The van der Waals surface area contributed by atoms with E-state index in [0.29, 0.717) is 16.9 Å². The molecule has 0 unspecified atom stereocenters. The zero-order valence-corrected chi connectivity index (χ0v) is 19.4. The van der Waals surface area contributed by atoms with E-state index in [9.17, 15) is 14.0 Å². The van der Waals surface area contributed by atoms with Gasteiger partial charge in [0.25, 0.3) is 5.91 Å². The zero-order chi connectivity index (χ0) is 24.9. The van der Waals surface area contributed by atoms with Crippen LogP contribution in [-0.4, -0.2) is 34.8 Å². The van der Waals surface area contributed by atoms with Crippen molar-refractivity contribution in [3.8, 4) is 11.5 Å². The van der Waals surface area contributed by atoms with Crippen LogP contribution in [-0.2, 0) is 6.54 Å². The van der Waals surface area contributed by atoms with Crippen LogP contribution in [0.25, 0.3) is 11.0 Å². The molecule has 0 aliphatic heterocycles. The lowest BCUT2D eigenvalue weighted by Gasteiger charge is -2.10. The normalized spacial score (nSPS) is 11.1. The molecule has 0 radical (unpaired) electrons. The summed E-state index contributed by atoms with van der Waals surface area (Å²) in [6.45, 7) is 4.77. The van der Waals surface area contributed by atoms with Gasteiger partial charge in [0, 0.05) is 12.1 Å². The molecule has 0 fully saturated rings. The third-order valence-electron chi connectivity index (χ3n) is 5.37. The number of hydrazone groups is 1. The van der Waals surface area contributed by atoms with Crippen LogP contribution in [0.4, 0.5) is 4.39 Å². The maximum absolute atomic E-state index is 13.1. The molecule has 3 aromatic carbocycles. The molecule has 0 saturated heterocycles. The zero-order valence-electron chi connectivity index (χ0n) is 19.4. The monoisotopic (exact) mass is 474 g/mol. The van der Waals surface area contributed by atoms with Crippen molar-refractivity contribution in [2.75, 3.05) is 7.11 Å².